The van der Waals surface area contributed by atoms with Gasteiger partial charge in [-0.15, -0.1) is 0 Å². The molecule has 1 unspecified atom stereocenters. The van der Waals surface area contributed by atoms with Crippen LogP contribution >= 0.6 is 0 Å². The highest BCUT2D eigenvalue weighted by molar-refractivity contribution is 6.12. The zero-order chi connectivity index (χ0) is 21.4. The molecule has 0 aliphatic carbocycles. The Kier molecular flexibility index (Phi) is 4.84. The number of nitrogens with zero attached hydrogens (tertiary/aromatic N) is 2. The van der Waals surface area contributed by atoms with Crippen molar-refractivity contribution in [3.8, 4) is 11.5 Å². The van der Waals surface area contributed by atoms with Crippen molar-refractivity contribution in [3.63, 3.8) is 0 Å². The molecule has 0 bridgehead atoms. The summed E-state index contributed by atoms with van der Waals surface area (Å²) >= 11 is 0. The fraction of sp³-hybridized carbons (Fsp3) is 0.160. The first-order valence-corrected chi connectivity index (χ1v) is 10.1. The predicted octanol–water partition coefficient (Wildman–Crippen LogP) is 4.10. The summed E-state index contributed by atoms with van der Waals surface area (Å²) in [6.07, 6.45) is 2.36. The maximum atomic E-state index is 11.6. The van der Waals surface area contributed by atoms with Crippen LogP contribution in [0.2, 0.25) is 0 Å². The highest BCUT2D eigenvalue weighted by atomic mass is 16.7. The van der Waals surface area contributed by atoms with Crippen molar-refractivity contribution in [3.05, 3.63) is 89.2 Å². The maximum absolute atomic E-state index is 11.6. The van der Waals surface area contributed by atoms with Crippen molar-refractivity contribution in [1.29, 1.82) is 0 Å². The van der Waals surface area contributed by atoms with Crippen LogP contribution < -0.4 is 15.2 Å². The van der Waals surface area contributed by atoms with Gasteiger partial charge in [-0.25, -0.2) is 0 Å². The van der Waals surface area contributed by atoms with Crippen molar-refractivity contribution >= 4 is 22.8 Å². The van der Waals surface area contributed by atoms with E-state index in [0.717, 1.165) is 39.6 Å². The predicted molar refractivity (Wildman–Crippen MR) is 119 cm³/mol. The number of Topliss-reactive ketones (excluding diaryl/α,β-unsaturated/α-hetero) is 1. The minimum Gasteiger partial charge on any atom is -0.454 e. The molecule has 2 aromatic carbocycles. The second-order valence-electron chi connectivity index (χ2n) is 7.55. The molecule has 2 aliphatic rings. The van der Waals surface area contributed by atoms with Crippen LogP contribution in [0.25, 0.3) is 11.3 Å². The molecule has 0 spiro atoms. The molecule has 0 amide bonds. The van der Waals surface area contributed by atoms with Gasteiger partial charge in [0.15, 0.2) is 17.3 Å². The lowest BCUT2D eigenvalue weighted by atomic mass is 9.89. The average molecular weight is 411 g/mol. The summed E-state index contributed by atoms with van der Waals surface area (Å²) in [7, 11) is 0. The molecule has 6 nitrogen and oxygen atoms in total. The first-order valence-electron chi connectivity index (χ1n) is 10.1. The number of hydrogen-bond acceptors (Lipinski definition) is 6. The van der Waals surface area contributed by atoms with Crippen LogP contribution in [-0.4, -0.2) is 29.3 Å². The molecular weight excluding hydrogens is 390 g/mol. The largest absolute Gasteiger partial charge is 0.454 e. The Hall–Kier alpha value is -3.77. The van der Waals surface area contributed by atoms with E-state index >= 15 is 0 Å². The molecule has 3 heterocycles. The third-order valence-corrected chi connectivity index (χ3v) is 5.50. The van der Waals surface area contributed by atoms with Crippen molar-refractivity contribution in [2.24, 2.45) is 10.7 Å². The normalized spacial score (nSPS) is 17.5. The van der Waals surface area contributed by atoms with E-state index in [1.54, 1.807) is 13.1 Å². The van der Waals surface area contributed by atoms with E-state index in [1.165, 1.54) is 0 Å². The van der Waals surface area contributed by atoms with Crippen LogP contribution in [0.1, 0.15) is 40.5 Å². The summed E-state index contributed by atoms with van der Waals surface area (Å²) < 4.78 is 11.0. The van der Waals surface area contributed by atoms with Crippen LogP contribution in [0.3, 0.4) is 0 Å². The van der Waals surface area contributed by atoms with E-state index in [0.29, 0.717) is 17.7 Å². The van der Waals surface area contributed by atoms with Gasteiger partial charge in [0.05, 0.1) is 23.1 Å². The van der Waals surface area contributed by atoms with Crippen LogP contribution in [0.4, 0.5) is 0 Å². The van der Waals surface area contributed by atoms with Gasteiger partial charge in [-0.3, -0.25) is 14.8 Å². The van der Waals surface area contributed by atoms with Crippen molar-refractivity contribution in [2.75, 3.05) is 6.79 Å². The summed E-state index contributed by atoms with van der Waals surface area (Å²) in [6, 6.07) is 18.8. The number of aromatic nitrogens is 1. The van der Waals surface area contributed by atoms with Crippen LogP contribution in [-0.2, 0) is 0 Å². The molecule has 6 heteroatoms. The van der Waals surface area contributed by atoms with E-state index in [4.69, 9.17) is 20.2 Å². The second kappa shape index (κ2) is 7.81. The van der Waals surface area contributed by atoms with Gasteiger partial charge < -0.3 is 15.2 Å². The Morgan fingerprint density at radius 1 is 1.00 bits per heavy atom. The number of pyridine rings is 1. The van der Waals surface area contributed by atoms with Gasteiger partial charge in [0.1, 0.15) is 0 Å². The number of benzene rings is 2. The third-order valence-electron chi connectivity index (χ3n) is 5.50. The number of carbonyl (C=O) groups is 1. The fourth-order valence-corrected chi connectivity index (χ4v) is 3.89. The molecule has 0 saturated carbocycles. The zero-order valence-electron chi connectivity index (χ0n) is 17.0. The Labute approximate surface area is 180 Å². The van der Waals surface area contributed by atoms with Crippen LogP contribution in [0.5, 0.6) is 11.5 Å². The zero-order valence-corrected chi connectivity index (χ0v) is 17.0. The molecule has 154 valence electrons. The monoisotopic (exact) mass is 411 g/mol. The third kappa shape index (κ3) is 3.62. The standard InChI is InChI=1S/C25H21N3O3/c1-15(29)16-5-7-17(8-6-16)25-20(26)13-19(21-4-2-3-11-27-21)24(28-25)18-9-10-22-23(12-18)31-14-30-22/h2-12,20H,13-14,26H2,1H3. The molecule has 0 fully saturated rings. The number of carbonyl (C=O) groups excluding carboxylic acids is 1. The summed E-state index contributed by atoms with van der Waals surface area (Å²) in [5.74, 6) is 1.45. The topological polar surface area (TPSA) is 86.8 Å². The molecule has 3 aromatic rings. The number of hydrogen-bond donors (Lipinski definition) is 1. The Morgan fingerprint density at radius 2 is 1.77 bits per heavy atom. The SMILES string of the molecule is CC(=O)c1ccc(C2=NC(c3ccc4c(c3)OCO4)=C(c3ccccn3)CC2N)cc1. The fourth-order valence-electron chi connectivity index (χ4n) is 3.89. The summed E-state index contributed by atoms with van der Waals surface area (Å²) in [5.41, 5.74) is 12.5. The number of fused-ring (bicyclic) bond motifs is 1. The van der Waals surface area contributed by atoms with Gasteiger partial charge in [-0.2, -0.15) is 0 Å². The molecule has 0 radical (unpaired) electrons. The van der Waals surface area contributed by atoms with Crippen LogP contribution in [0, 0.1) is 0 Å². The molecule has 1 aromatic heterocycles. The number of aliphatic imine (C=N–C) groups is 1. The first-order chi connectivity index (χ1) is 15.1. The molecule has 31 heavy (non-hydrogen) atoms. The molecular formula is C25H21N3O3. The highest BCUT2D eigenvalue weighted by Crippen LogP contribution is 2.39. The van der Waals surface area contributed by atoms with Crippen molar-refractivity contribution in [1.82, 2.24) is 4.98 Å². The lowest BCUT2D eigenvalue weighted by Gasteiger charge is -2.25. The van der Waals surface area contributed by atoms with E-state index in [9.17, 15) is 4.79 Å². The minimum atomic E-state index is -0.294. The molecule has 2 N–H and O–H groups in total. The number of nitrogens with two attached hydrogens (primary N) is 1. The summed E-state index contributed by atoms with van der Waals surface area (Å²) in [6.45, 7) is 1.77. The lowest BCUT2D eigenvalue weighted by Crippen LogP contribution is -2.34. The Bertz CT molecular complexity index is 1210. The summed E-state index contributed by atoms with van der Waals surface area (Å²) in [4.78, 5) is 21.2. The van der Waals surface area contributed by atoms with E-state index in [1.807, 2.05) is 60.7 Å². The molecule has 1 atom stereocenters. The van der Waals surface area contributed by atoms with Gasteiger partial charge in [0, 0.05) is 22.9 Å². The van der Waals surface area contributed by atoms with E-state index in [2.05, 4.69) is 4.98 Å². The number of ether oxygens (including phenoxy) is 2. The first kappa shape index (κ1) is 19.2. The smallest absolute Gasteiger partial charge is 0.231 e. The highest BCUT2D eigenvalue weighted by Gasteiger charge is 2.27. The summed E-state index contributed by atoms with van der Waals surface area (Å²) in [5, 5.41) is 0. The van der Waals surface area contributed by atoms with Gasteiger partial charge >= 0.3 is 0 Å². The van der Waals surface area contributed by atoms with Crippen molar-refractivity contribution in [2.45, 2.75) is 19.4 Å². The maximum Gasteiger partial charge on any atom is 0.231 e. The molecule has 0 saturated heterocycles. The second-order valence-corrected chi connectivity index (χ2v) is 7.55. The average Bonchev–Trinajstić information content (AvgIpc) is 3.27. The lowest BCUT2D eigenvalue weighted by molar-refractivity contribution is 0.101. The van der Waals surface area contributed by atoms with Crippen LogP contribution in [0.15, 0.2) is 71.9 Å². The Balaban J connectivity index is 1.65. The van der Waals surface area contributed by atoms with E-state index < -0.39 is 0 Å². The minimum absolute atomic E-state index is 0.0276. The van der Waals surface area contributed by atoms with Gasteiger partial charge in [0.2, 0.25) is 6.79 Å². The number of rotatable bonds is 4. The number of ketones is 1. The van der Waals surface area contributed by atoms with Crippen molar-refractivity contribution < 1.29 is 14.3 Å². The molecule has 5 rings (SSSR count). The van der Waals surface area contributed by atoms with Gasteiger partial charge in [-0.05, 0) is 49.2 Å². The van der Waals surface area contributed by atoms with E-state index in [-0.39, 0.29) is 18.6 Å². The van der Waals surface area contributed by atoms with Gasteiger partial charge in [0.25, 0.3) is 0 Å². The quantitative estimate of drug-likeness (QED) is 0.653. The molecule has 2 aliphatic heterocycles. The Morgan fingerprint density at radius 3 is 2.52 bits per heavy atom. The van der Waals surface area contributed by atoms with Gasteiger partial charge in [-0.1, -0.05) is 30.3 Å².